The Hall–Kier alpha value is -1.45. The molecule has 0 heterocycles. The van der Waals surface area contributed by atoms with Crippen molar-refractivity contribution >= 4 is 11.8 Å². The summed E-state index contributed by atoms with van der Waals surface area (Å²) in [7, 11) is 1.70. The predicted molar refractivity (Wildman–Crippen MR) is 91.2 cm³/mol. The molecule has 21 heavy (non-hydrogen) atoms. The highest BCUT2D eigenvalue weighted by molar-refractivity contribution is 7.98. The number of ether oxygens (including phenoxy) is 1. The van der Waals surface area contributed by atoms with Crippen molar-refractivity contribution in [1.82, 2.24) is 5.32 Å². The molecule has 0 aliphatic heterocycles. The molecular formula is C18H23NOS. The van der Waals surface area contributed by atoms with Crippen molar-refractivity contribution in [2.45, 2.75) is 30.8 Å². The van der Waals surface area contributed by atoms with Crippen LogP contribution in [0.4, 0.5) is 0 Å². The Bertz CT molecular complexity index is 568. The highest BCUT2D eigenvalue weighted by atomic mass is 32.2. The van der Waals surface area contributed by atoms with Gasteiger partial charge >= 0.3 is 0 Å². The smallest absolute Gasteiger partial charge is 0.119 e. The number of nitrogens with one attached hydrogen (secondary N) is 1. The molecule has 2 aromatic rings. The van der Waals surface area contributed by atoms with Crippen LogP contribution in [0.15, 0.2) is 53.4 Å². The molecule has 0 aliphatic rings. The van der Waals surface area contributed by atoms with Gasteiger partial charge in [0.1, 0.15) is 5.75 Å². The summed E-state index contributed by atoms with van der Waals surface area (Å²) in [6.07, 6.45) is 2.10. The van der Waals surface area contributed by atoms with Crippen LogP contribution in [0.1, 0.15) is 37.1 Å². The minimum Gasteiger partial charge on any atom is -0.497 e. The normalized spacial score (nSPS) is 13.7. The minimum atomic E-state index is 0.273. The van der Waals surface area contributed by atoms with Gasteiger partial charge in [-0.1, -0.05) is 24.3 Å². The number of benzene rings is 2. The van der Waals surface area contributed by atoms with Gasteiger partial charge in [0, 0.05) is 17.0 Å². The van der Waals surface area contributed by atoms with Crippen LogP contribution in [0.5, 0.6) is 5.75 Å². The quantitative estimate of drug-likeness (QED) is 0.772. The zero-order valence-electron chi connectivity index (χ0n) is 13.1. The Morgan fingerprint density at radius 2 is 1.62 bits per heavy atom. The van der Waals surface area contributed by atoms with Gasteiger partial charge in [-0.15, -0.1) is 11.8 Å². The lowest BCUT2D eigenvalue weighted by molar-refractivity contribution is 0.412. The molecule has 0 aromatic heterocycles. The second-order valence-electron chi connectivity index (χ2n) is 5.16. The van der Waals surface area contributed by atoms with Gasteiger partial charge in [-0.3, -0.25) is 0 Å². The molecule has 0 spiro atoms. The van der Waals surface area contributed by atoms with Crippen molar-refractivity contribution in [1.29, 1.82) is 0 Å². The van der Waals surface area contributed by atoms with Gasteiger partial charge in [0.15, 0.2) is 0 Å². The molecule has 0 saturated carbocycles. The van der Waals surface area contributed by atoms with E-state index in [1.807, 2.05) is 12.1 Å². The zero-order valence-corrected chi connectivity index (χ0v) is 13.9. The van der Waals surface area contributed by atoms with E-state index in [9.17, 15) is 0 Å². The summed E-state index contributed by atoms with van der Waals surface area (Å²) in [5, 5.41) is 3.64. The van der Waals surface area contributed by atoms with Gasteiger partial charge in [0.05, 0.1) is 7.11 Å². The van der Waals surface area contributed by atoms with Crippen LogP contribution >= 0.6 is 11.8 Å². The van der Waals surface area contributed by atoms with Crippen LogP contribution in [0.2, 0.25) is 0 Å². The first-order chi connectivity index (χ1) is 10.1. The van der Waals surface area contributed by atoms with Gasteiger partial charge in [-0.25, -0.2) is 0 Å². The van der Waals surface area contributed by atoms with Crippen LogP contribution in [0.3, 0.4) is 0 Å². The van der Waals surface area contributed by atoms with Crippen molar-refractivity contribution in [3.63, 3.8) is 0 Å². The molecule has 112 valence electrons. The number of rotatable bonds is 6. The Morgan fingerprint density at radius 3 is 2.24 bits per heavy atom. The Balaban J connectivity index is 2.04. The predicted octanol–water partition coefficient (Wildman–Crippen LogP) is 4.83. The van der Waals surface area contributed by atoms with Crippen molar-refractivity contribution in [3.05, 3.63) is 59.7 Å². The van der Waals surface area contributed by atoms with E-state index < -0.39 is 0 Å². The lowest BCUT2D eigenvalue weighted by Gasteiger charge is -2.21. The van der Waals surface area contributed by atoms with Gasteiger partial charge in [-0.05, 0) is 55.5 Å². The van der Waals surface area contributed by atoms with Crippen LogP contribution < -0.4 is 10.1 Å². The van der Waals surface area contributed by atoms with E-state index in [0.717, 1.165) is 5.75 Å². The fraction of sp³-hybridized carbons (Fsp3) is 0.333. The molecule has 0 saturated heterocycles. The molecule has 2 rings (SSSR count). The van der Waals surface area contributed by atoms with E-state index in [4.69, 9.17) is 4.74 Å². The second-order valence-corrected chi connectivity index (χ2v) is 6.04. The van der Waals surface area contributed by atoms with E-state index in [0.29, 0.717) is 6.04 Å². The molecule has 2 aromatic carbocycles. The Labute approximate surface area is 131 Å². The van der Waals surface area contributed by atoms with Crippen molar-refractivity contribution in [3.8, 4) is 5.75 Å². The topological polar surface area (TPSA) is 21.3 Å². The molecule has 0 fully saturated rings. The maximum Gasteiger partial charge on any atom is 0.119 e. The summed E-state index contributed by atoms with van der Waals surface area (Å²) >= 11 is 1.77. The van der Waals surface area contributed by atoms with Gasteiger partial charge < -0.3 is 10.1 Å². The van der Waals surface area contributed by atoms with Gasteiger partial charge in [-0.2, -0.15) is 0 Å². The summed E-state index contributed by atoms with van der Waals surface area (Å²) in [5.74, 6) is 0.901. The number of hydrogen-bond acceptors (Lipinski definition) is 3. The average molecular weight is 301 g/mol. The lowest BCUT2D eigenvalue weighted by atomic mass is 10.0. The fourth-order valence-electron chi connectivity index (χ4n) is 2.37. The van der Waals surface area contributed by atoms with Gasteiger partial charge in [0.25, 0.3) is 0 Å². The monoisotopic (exact) mass is 301 g/mol. The van der Waals surface area contributed by atoms with Crippen LogP contribution in [0.25, 0.3) is 0 Å². The Morgan fingerprint density at radius 1 is 0.952 bits per heavy atom. The molecule has 0 amide bonds. The highest BCUT2D eigenvalue weighted by Crippen LogP contribution is 2.23. The standard InChI is InChI=1S/C18H23NOS/c1-13(15-8-10-18(21-4)11-9-15)19-14(2)16-6-5-7-17(12-16)20-3/h5-14,19H,1-4H3/t13?,14-/m1/s1. The summed E-state index contributed by atoms with van der Waals surface area (Å²) < 4.78 is 5.29. The first-order valence-electron chi connectivity index (χ1n) is 7.18. The van der Waals surface area contributed by atoms with Crippen molar-refractivity contribution < 1.29 is 4.74 Å². The van der Waals surface area contributed by atoms with E-state index in [-0.39, 0.29) is 6.04 Å². The minimum absolute atomic E-state index is 0.273. The van der Waals surface area contributed by atoms with E-state index in [2.05, 4.69) is 61.8 Å². The van der Waals surface area contributed by atoms with Crippen LogP contribution in [0, 0.1) is 0 Å². The molecular weight excluding hydrogens is 278 g/mol. The average Bonchev–Trinajstić information content (AvgIpc) is 2.54. The van der Waals surface area contributed by atoms with Crippen LogP contribution in [-0.2, 0) is 0 Å². The molecule has 0 radical (unpaired) electrons. The molecule has 3 heteroatoms. The summed E-state index contributed by atoms with van der Waals surface area (Å²) in [5.41, 5.74) is 2.55. The third-order valence-electron chi connectivity index (χ3n) is 3.71. The fourth-order valence-corrected chi connectivity index (χ4v) is 2.78. The maximum atomic E-state index is 5.29. The van der Waals surface area contributed by atoms with Crippen molar-refractivity contribution in [2.75, 3.05) is 13.4 Å². The van der Waals surface area contributed by atoms with E-state index in [1.54, 1.807) is 18.9 Å². The van der Waals surface area contributed by atoms with E-state index >= 15 is 0 Å². The SMILES string of the molecule is COc1cccc([C@@H](C)NC(C)c2ccc(SC)cc2)c1. The van der Waals surface area contributed by atoms with Crippen LogP contribution in [-0.4, -0.2) is 13.4 Å². The Kier molecular flexibility index (Phi) is 5.71. The first kappa shape index (κ1) is 15.9. The highest BCUT2D eigenvalue weighted by Gasteiger charge is 2.11. The maximum absolute atomic E-state index is 5.29. The first-order valence-corrected chi connectivity index (χ1v) is 8.40. The molecule has 0 aliphatic carbocycles. The number of methoxy groups -OCH3 is 1. The third-order valence-corrected chi connectivity index (χ3v) is 4.45. The largest absolute Gasteiger partial charge is 0.497 e. The van der Waals surface area contributed by atoms with Crippen molar-refractivity contribution in [2.24, 2.45) is 0 Å². The molecule has 1 unspecified atom stereocenters. The molecule has 1 N–H and O–H groups in total. The number of thioether (sulfide) groups is 1. The summed E-state index contributed by atoms with van der Waals surface area (Å²) in [6.45, 7) is 4.38. The van der Waals surface area contributed by atoms with E-state index in [1.165, 1.54) is 16.0 Å². The second kappa shape index (κ2) is 7.53. The lowest BCUT2D eigenvalue weighted by Crippen LogP contribution is -2.22. The summed E-state index contributed by atoms with van der Waals surface area (Å²) in [6, 6.07) is 17.5. The molecule has 0 bridgehead atoms. The third kappa shape index (κ3) is 4.26. The zero-order chi connectivity index (χ0) is 15.2. The number of hydrogen-bond donors (Lipinski definition) is 1. The summed E-state index contributed by atoms with van der Waals surface area (Å²) in [4.78, 5) is 1.30. The molecule has 2 nitrogen and oxygen atoms in total. The van der Waals surface area contributed by atoms with Gasteiger partial charge in [0.2, 0.25) is 0 Å². The molecule has 2 atom stereocenters.